The largest absolute Gasteiger partial charge is 0.461 e. The van der Waals surface area contributed by atoms with E-state index < -0.39 is 5.54 Å². The van der Waals surface area contributed by atoms with Gasteiger partial charge in [-0.1, -0.05) is 133 Å². The Morgan fingerprint density at radius 3 is 1.87 bits per heavy atom. The highest BCUT2D eigenvalue weighted by Crippen LogP contribution is 2.43. The van der Waals surface area contributed by atoms with Gasteiger partial charge in [0, 0.05) is 37.4 Å². The molecule has 0 amide bonds. The van der Waals surface area contributed by atoms with E-state index in [1.807, 2.05) is 36.7 Å². The summed E-state index contributed by atoms with van der Waals surface area (Å²) >= 11 is 0. The number of esters is 1. The van der Waals surface area contributed by atoms with Gasteiger partial charge in [-0.2, -0.15) is 0 Å². The molecule has 6 heteroatoms. The third-order valence-electron chi connectivity index (χ3n) is 11.1. The first-order valence-electron chi connectivity index (χ1n) is 18.7. The van der Waals surface area contributed by atoms with E-state index in [2.05, 4.69) is 148 Å². The summed E-state index contributed by atoms with van der Waals surface area (Å²) in [4.78, 5) is 23.4. The van der Waals surface area contributed by atoms with Crippen LogP contribution in [-0.2, 0) is 28.0 Å². The molecule has 6 aromatic carbocycles. The average Bonchev–Trinajstić information content (AvgIpc) is 3.83. The molecule has 0 bridgehead atoms. The molecule has 9 rings (SSSR count). The summed E-state index contributed by atoms with van der Waals surface area (Å²) in [6.45, 7) is 2.57. The van der Waals surface area contributed by atoms with Gasteiger partial charge in [-0.05, 0) is 71.0 Å². The molecule has 1 unspecified atom stereocenters. The first kappa shape index (κ1) is 32.9. The number of carbonyl (C=O) groups excluding carboxylic acids is 1. The zero-order chi connectivity index (χ0) is 35.6. The van der Waals surface area contributed by atoms with E-state index in [-0.39, 0.29) is 18.1 Å². The molecule has 53 heavy (non-hydrogen) atoms. The van der Waals surface area contributed by atoms with Crippen LogP contribution in [-0.4, -0.2) is 45.7 Å². The molecule has 1 fully saturated rings. The highest BCUT2D eigenvalue weighted by molar-refractivity contribution is 5.88. The van der Waals surface area contributed by atoms with Gasteiger partial charge in [-0.25, -0.2) is 9.78 Å². The molecule has 2 aliphatic heterocycles. The second-order valence-electron chi connectivity index (χ2n) is 14.2. The Morgan fingerprint density at radius 2 is 1.25 bits per heavy atom. The molecule has 0 radical (unpaired) electrons. The third-order valence-corrected chi connectivity index (χ3v) is 11.1. The first-order valence-corrected chi connectivity index (χ1v) is 18.7. The number of rotatable bonds is 9. The SMILES string of the molecule is O=C(OC1CCN(Cc2ccc3c(c2)ncn3C(c2ccccc2)(c2ccccc2)c2ccccc2)CC1)C1Cc2ccccc2N1c1ccccc1. The van der Waals surface area contributed by atoms with Gasteiger partial charge in [0.15, 0.2) is 0 Å². The maximum absolute atomic E-state index is 13.7. The Kier molecular flexibility index (Phi) is 8.82. The van der Waals surface area contributed by atoms with Crippen molar-refractivity contribution in [3.8, 4) is 0 Å². The van der Waals surface area contributed by atoms with Gasteiger partial charge in [0.2, 0.25) is 0 Å². The number of benzene rings is 6. The van der Waals surface area contributed by atoms with Crippen LogP contribution in [0.2, 0.25) is 0 Å². The molecule has 0 spiro atoms. The minimum atomic E-state index is -0.612. The van der Waals surface area contributed by atoms with Gasteiger partial charge in [-0.3, -0.25) is 4.90 Å². The van der Waals surface area contributed by atoms with E-state index in [4.69, 9.17) is 9.72 Å². The second-order valence-corrected chi connectivity index (χ2v) is 14.2. The monoisotopic (exact) mass is 694 g/mol. The minimum absolute atomic E-state index is 0.0830. The molecule has 3 heterocycles. The Balaban J connectivity index is 0.922. The van der Waals surface area contributed by atoms with E-state index in [0.717, 1.165) is 54.9 Å². The van der Waals surface area contributed by atoms with Crippen molar-refractivity contribution >= 4 is 28.4 Å². The Hall–Kier alpha value is -5.98. The lowest BCUT2D eigenvalue weighted by Crippen LogP contribution is -2.42. The van der Waals surface area contributed by atoms with Crippen LogP contribution in [0.4, 0.5) is 11.4 Å². The van der Waals surface area contributed by atoms with Crippen molar-refractivity contribution in [1.29, 1.82) is 0 Å². The van der Waals surface area contributed by atoms with E-state index in [9.17, 15) is 4.79 Å². The number of hydrogen-bond donors (Lipinski definition) is 0. The lowest BCUT2D eigenvalue weighted by molar-refractivity contribution is -0.152. The summed E-state index contributed by atoms with van der Waals surface area (Å²) in [7, 11) is 0. The Labute approximate surface area is 310 Å². The molecule has 2 aliphatic rings. The predicted molar refractivity (Wildman–Crippen MR) is 211 cm³/mol. The van der Waals surface area contributed by atoms with E-state index in [1.54, 1.807) is 0 Å². The van der Waals surface area contributed by atoms with Crippen LogP contribution in [0.25, 0.3) is 11.0 Å². The average molecular weight is 695 g/mol. The maximum Gasteiger partial charge on any atom is 0.329 e. The molecule has 7 aromatic rings. The van der Waals surface area contributed by atoms with Crippen molar-refractivity contribution < 1.29 is 9.53 Å². The van der Waals surface area contributed by atoms with E-state index in [0.29, 0.717) is 6.42 Å². The zero-order valence-electron chi connectivity index (χ0n) is 29.7. The highest BCUT2D eigenvalue weighted by atomic mass is 16.5. The summed E-state index contributed by atoms with van der Waals surface area (Å²) in [5.41, 5.74) is 9.47. The number of piperidine rings is 1. The van der Waals surface area contributed by atoms with Gasteiger partial charge in [0.05, 0.1) is 17.4 Å². The quantitative estimate of drug-likeness (QED) is 0.111. The molecule has 0 N–H and O–H groups in total. The smallest absolute Gasteiger partial charge is 0.329 e. The molecule has 0 saturated carbocycles. The predicted octanol–water partition coefficient (Wildman–Crippen LogP) is 9.15. The summed E-state index contributed by atoms with van der Waals surface area (Å²) in [6.07, 6.45) is 4.22. The van der Waals surface area contributed by atoms with Crippen LogP contribution in [0, 0.1) is 0 Å². The molecular formula is C47H42N4O2. The topological polar surface area (TPSA) is 50.6 Å². The van der Waals surface area contributed by atoms with Crippen LogP contribution >= 0.6 is 0 Å². The summed E-state index contributed by atoms with van der Waals surface area (Å²) < 4.78 is 8.58. The van der Waals surface area contributed by atoms with Crippen molar-refractivity contribution in [1.82, 2.24) is 14.5 Å². The molecule has 1 saturated heterocycles. The van der Waals surface area contributed by atoms with Gasteiger partial charge in [0.25, 0.3) is 0 Å². The van der Waals surface area contributed by atoms with Crippen LogP contribution in [0.5, 0.6) is 0 Å². The fourth-order valence-corrected chi connectivity index (χ4v) is 8.55. The molecule has 1 atom stereocenters. The lowest BCUT2D eigenvalue weighted by Gasteiger charge is -2.38. The number of nitrogens with zero attached hydrogens (tertiary/aromatic N) is 4. The summed E-state index contributed by atoms with van der Waals surface area (Å²) in [5, 5.41) is 0. The number of likely N-dealkylation sites (tertiary alicyclic amines) is 1. The number of carbonyl (C=O) groups is 1. The van der Waals surface area contributed by atoms with Crippen LogP contribution in [0.1, 0.15) is 40.7 Å². The third kappa shape index (κ3) is 6.09. The van der Waals surface area contributed by atoms with E-state index >= 15 is 0 Å². The number of anilines is 2. The number of imidazole rings is 1. The summed E-state index contributed by atoms with van der Waals surface area (Å²) in [6, 6.07) is 57.0. The first-order chi connectivity index (χ1) is 26.2. The van der Waals surface area contributed by atoms with E-state index in [1.165, 1.54) is 27.8 Å². The number of para-hydroxylation sites is 2. The van der Waals surface area contributed by atoms with Gasteiger partial charge in [-0.15, -0.1) is 0 Å². The number of hydrogen-bond acceptors (Lipinski definition) is 5. The Morgan fingerprint density at radius 1 is 0.679 bits per heavy atom. The molecular weight excluding hydrogens is 653 g/mol. The fraction of sp³-hybridized carbons (Fsp3) is 0.191. The molecule has 0 aliphatic carbocycles. The fourth-order valence-electron chi connectivity index (χ4n) is 8.55. The number of aromatic nitrogens is 2. The van der Waals surface area contributed by atoms with Crippen LogP contribution in [0.3, 0.4) is 0 Å². The molecule has 6 nitrogen and oxygen atoms in total. The normalized spacial score (nSPS) is 16.5. The second kappa shape index (κ2) is 14.2. The highest BCUT2D eigenvalue weighted by Gasteiger charge is 2.40. The molecule has 1 aromatic heterocycles. The van der Waals surface area contributed by atoms with Crippen molar-refractivity contribution in [3.05, 3.63) is 198 Å². The number of fused-ring (bicyclic) bond motifs is 2. The zero-order valence-corrected chi connectivity index (χ0v) is 29.7. The van der Waals surface area contributed by atoms with Gasteiger partial charge in [0.1, 0.15) is 17.7 Å². The van der Waals surface area contributed by atoms with Crippen molar-refractivity contribution in [2.24, 2.45) is 0 Å². The number of ether oxygens (including phenoxy) is 1. The maximum atomic E-state index is 13.7. The van der Waals surface area contributed by atoms with Crippen LogP contribution in [0.15, 0.2) is 170 Å². The summed E-state index contributed by atoms with van der Waals surface area (Å²) in [5.74, 6) is -0.137. The minimum Gasteiger partial charge on any atom is -0.461 e. The van der Waals surface area contributed by atoms with Crippen molar-refractivity contribution in [3.63, 3.8) is 0 Å². The lowest BCUT2D eigenvalue weighted by atomic mass is 9.76. The van der Waals surface area contributed by atoms with Gasteiger partial charge >= 0.3 is 5.97 Å². The van der Waals surface area contributed by atoms with Crippen molar-refractivity contribution in [2.75, 3.05) is 18.0 Å². The molecule has 262 valence electrons. The van der Waals surface area contributed by atoms with Crippen molar-refractivity contribution in [2.45, 2.75) is 43.5 Å². The standard InChI is InChI=1S/C47H42N4O2/c52-46(45-32-36-15-13-14-24-43(36)51(45)40-22-11-4-12-23-40)53-41-27-29-49(30-28-41)33-35-25-26-44-42(31-35)48-34-50(44)47(37-16-5-1-6-17-37,38-18-7-2-8-19-38)39-20-9-3-10-21-39/h1-26,31,34,41,45H,27-30,32-33H2. The Bertz CT molecular complexity index is 2220. The van der Waals surface area contributed by atoms with Gasteiger partial charge < -0.3 is 14.2 Å². The van der Waals surface area contributed by atoms with Crippen LogP contribution < -0.4 is 4.90 Å².